The van der Waals surface area contributed by atoms with Crippen LogP contribution in [0.2, 0.25) is 0 Å². The Morgan fingerprint density at radius 3 is 2.29 bits per heavy atom. The van der Waals surface area contributed by atoms with Crippen molar-refractivity contribution in [2.75, 3.05) is 0 Å². The molecule has 1 aromatic rings. The second-order valence-corrected chi connectivity index (χ2v) is 4.38. The standard InChI is InChI=1S/C11H20N2O/c1-7(2)9(4)11(14)10-6-8(3)12-13(10)5/h6-7,9,11,14H,1-5H3. The smallest absolute Gasteiger partial charge is 0.0984 e. The summed E-state index contributed by atoms with van der Waals surface area (Å²) in [7, 11) is 1.87. The summed E-state index contributed by atoms with van der Waals surface area (Å²) in [6.07, 6.45) is -0.416. The number of hydrogen-bond acceptors (Lipinski definition) is 2. The number of aromatic nitrogens is 2. The van der Waals surface area contributed by atoms with Gasteiger partial charge in [-0.3, -0.25) is 4.68 Å². The van der Waals surface area contributed by atoms with E-state index in [1.807, 2.05) is 20.0 Å². The molecular weight excluding hydrogens is 176 g/mol. The van der Waals surface area contributed by atoms with Gasteiger partial charge in [-0.15, -0.1) is 0 Å². The highest BCUT2D eigenvalue weighted by Crippen LogP contribution is 2.27. The summed E-state index contributed by atoms with van der Waals surface area (Å²) in [5, 5.41) is 14.3. The topological polar surface area (TPSA) is 38.0 Å². The number of hydrogen-bond donors (Lipinski definition) is 1. The number of aliphatic hydroxyl groups excluding tert-OH is 1. The molecule has 2 atom stereocenters. The zero-order chi connectivity index (χ0) is 10.9. The summed E-state index contributed by atoms with van der Waals surface area (Å²) < 4.78 is 1.76. The Kier molecular flexibility index (Phi) is 3.32. The minimum absolute atomic E-state index is 0.254. The Morgan fingerprint density at radius 1 is 1.36 bits per heavy atom. The number of aryl methyl sites for hydroxylation is 2. The van der Waals surface area contributed by atoms with E-state index < -0.39 is 6.10 Å². The molecule has 0 aliphatic rings. The number of aliphatic hydroxyl groups is 1. The molecule has 1 heterocycles. The first kappa shape index (κ1) is 11.2. The number of nitrogens with zero attached hydrogens (tertiary/aromatic N) is 2. The van der Waals surface area contributed by atoms with Crippen molar-refractivity contribution in [2.45, 2.75) is 33.8 Å². The van der Waals surface area contributed by atoms with Crippen molar-refractivity contribution in [2.24, 2.45) is 18.9 Å². The highest BCUT2D eigenvalue weighted by atomic mass is 16.3. The first-order valence-electron chi connectivity index (χ1n) is 5.12. The zero-order valence-corrected chi connectivity index (χ0v) is 9.65. The Hall–Kier alpha value is -0.830. The highest BCUT2D eigenvalue weighted by Gasteiger charge is 2.22. The number of rotatable bonds is 3. The van der Waals surface area contributed by atoms with Gasteiger partial charge in [-0.1, -0.05) is 20.8 Å². The summed E-state index contributed by atoms with van der Waals surface area (Å²) in [5.41, 5.74) is 1.86. The first-order valence-corrected chi connectivity index (χ1v) is 5.12. The maximum Gasteiger partial charge on any atom is 0.0984 e. The minimum atomic E-state index is -0.416. The van der Waals surface area contributed by atoms with Crippen LogP contribution in [0.4, 0.5) is 0 Å². The van der Waals surface area contributed by atoms with Crippen molar-refractivity contribution in [3.63, 3.8) is 0 Å². The lowest BCUT2D eigenvalue weighted by Crippen LogP contribution is -2.17. The first-order chi connectivity index (χ1) is 6.43. The van der Waals surface area contributed by atoms with Crippen molar-refractivity contribution in [3.05, 3.63) is 17.5 Å². The normalized spacial score (nSPS) is 15.9. The summed E-state index contributed by atoms with van der Waals surface area (Å²) in [6.45, 7) is 8.25. The predicted molar refractivity (Wildman–Crippen MR) is 56.9 cm³/mol. The van der Waals surface area contributed by atoms with Gasteiger partial charge in [0.1, 0.15) is 0 Å². The van der Waals surface area contributed by atoms with Gasteiger partial charge in [0.05, 0.1) is 17.5 Å². The Balaban J connectivity index is 2.88. The van der Waals surface area contributed by atoms with E-state index in [-0.39, 0.29) is 5.92 Å². The molecule has 0 aliphatic carbocycles. The van der Waals surface area contributed by atoms with Gasteiger partial charge in [0, 0.05) is 7.05 Å². The molecule has 0 aromatic carbocycles. The van der Waals surface area contributed by atoms with Crippen molar-refractivity contribution in [3.8, 4) is 0 Å². The fourth-order valence-corrected chi connectivity index (χ4v) is 1.54. The molecular formula is C11H20N2O. The van der Waals surface area contributed by atoms with Gasteiger partial charge >= 0.3 is 0 Å². The van der Waals surface area contributed by atoms with Gasteiger partial charge in [-0.2, -0.15) is 5.10 Å². The Labute approximate surface area is 85.8 Å². The summed E-state index contributed by atoms with van der Waals surface area (Å²) in [6, 6.07) is 1.95. The van der Waals surface area contributed by atoms with Crippen LogP contribution in [0.5, 0.6) is 0 Å². The monoisotopic (exact) mass is 196 g/mol. The molecule has 0 aliphatic heterocycles. The van der Waals surface area contributed by atoms with E-state index in [9.17, 15) is 5.11 Å². The van der Waals surface area contributed by atoms with Crippen molar-refractivity contribution in [1.29, 1.82) is 0 Å². The third-order valence-electron chi connectivity index (χ3n) is 2.89. The van der Waals surface area contributed by atoms with Crippen LogP contribution in [0.3, 0.4) is 0 Å². The molecule has 0 fully saturated rings. The SMILES string of the molecule is Cc1cc(C(O)C(C)C(C)C)n(C)n1. The van der Waals surface area contributed by atoms with Gasteiger partial charge < -0.3 is 5.11 Å². The molecule has 0 radical (unpaired) electrons. The van der Waals surface area contributed by atoms with Crippen LogP contribution in [-0.4, -0.2) is 14.9 Å². The van der Waals surface area contributed by atoms with Crippen LogP contribution in [0, 0.1) is 18.8 Å². The van der Waals surface area contributed by atoms with Crippen LogP contribution in [0.1, 0.15) is 38.3 Å². The molecule has 80 valence electrons. The molecule has 0 bridgehead atoms. The zero-order valence-electron chi connectivity index (χ0n) is 9.65. The minimum Gasteiger partial charge on any atom is -0.387 e. The lowest BCUT2D eigenvalue weighted by molar-refractivity contribution is 0.0846. The molecule has 1 N–H and O–H groups in total. The fraction of sp³-hybridized carbons (Fsp3) is 0.727. The van der Waals surface area contributed by atoms with Gasteiger partial charge in [0.15, 0.2) is 0 Å². The van der Waals surface area contributed by atoms with Crippen molar-refractivity contribution >= 4 is 0 Å². The Morgan fingerprint density at radius 2 is 1.93 bits per heavy atom. The van der Waals surface area contributed by atoms with E-state index in [0.29, 0.717) is 5.92 Å². The lowest BCUT2D eigenvalue weighted by atomic mass is 9.90. The largest absolute Gasteiger partial charge is 0.387 e. The van der Waals surface area contributed by atoms with E-state index in [1.165, 1.54) is 0 Å². The summed E-state index contributed by atoms with van der Waals surface area (Å²) >= 11 is 0. The molecule has 1 aromatic heterocycles. The second kappa shape index (κ2) is 4.13. The predicted octanol–water partition coefficient (Wildman–Crippen LogP) is 2.05. The van der Waals surface area contributed by atoms with Crippen molar-refractivity contribution < 1.29 is 5.11 Å². The van der Waals surface area contributed by atoms with Crippen LogP contribution >= 0.6 is 0 Å². The Bertz CT molecular complexity index is 304. The van der Waals surface area contributed by atoms with Crippen LogP contribution < -0.4 is 0 Å². The van der Waals surface area contributed by atoms with Crippen LogP contribution in [-0.2, 0) is 7.05 Å². The van der Waals surface area contributed by atoms with Gasteiger partial charge in [0.2, 0.25) is 0 Å². The summed E-state index contributed by atoms with van der Waals surface area (Å²) in [5.74, 6) is 0.727. The molecule has 3 nitrogen and oxygen atoms in total. The summed E-state index contributed by atoms with van der Waals surface area (Å²) in [4.78, 5) is 0. The molecule has 3 heteroatoms. The quantitative estimate of drug-likeness (QED) is 0.803. The highest BCUT2D eigenvalue weighted by molar-refractivity contribution is 5.12. The van der Waals surface area contributed by atoms with Gasteiger partial charge in [-0.05, 0) is 24.8 Å². The molecule has 1 rings (SSSR count). The maximum absolute atomic E-state index is 10.1. The molecule has 0 spiro atoms. The molecule has 0 saturated heterocycles. The second-order valence-electron chi connectivity index (χ2n) is 4.38. The molecule has 0 saturated carbocycles. The van der Waals surface area contributed by atoms with Gasteiger partial charge in [-0.25, -0.2) is 0 Å². The van der Waals surface area contributed by atoms with E-state index in [2.05, 4.69) is 25.9 Å². The molecule has 2 unspecified atom stereocenters. The van der Waals surface area contributed by atoms with E-state index in [0.717, 1.165) is 11.4 Å². The lowest BCUT2D eigenvalue weighted by Gasteiger charge is -2.22. The van der Waals surface area contributed by atoms with Gasteiger partial charge in [0.25, 0.3) is 0 Å². The van der Waals surface area contributed by atoms with E-state index in [4.69, 9.17) is 0 Å². The maximum atomic E-state index is 10.1. The van der Waals surface area contributed by atoms with E-state index in [1.54, 1.807) is 4.68 Å². The third-order valence-corrected chi connectivity index (χ3v) is 2.89. The van der Waals surface area contributed by atoms with Crippen LogP contribution in [0.25, 0.3) is 0 Å². The third kappa shape index (κ3) is 2.15. The average Bonchev–Trinajstić information content (AvgIpc) is 2.42. The van der Waals surface area contributed by atoms with E-state index >= 15 is 0 Å². The molecule has 0 amide bonds. The average molecular weight is 196 g/mol. The molecule has 14 heavy (non-hydrogen) atoms. The van der Waals surface area contributed by atoms with Crippen LogP contribution in [0.15, 0.2) is 6.07 Å². The fourth-order valence-electron chi connectivity index (χ4n) is 1.54. The van der Waals surface area contributed by atoms with Crippen molar-refractivity contribution in [1.82, 2.24) is 9.78 Å².